The zero-order valence-corrected chi connectivity index (χ0v) is 29.7. The Morgan fingerprint density at radius 2 is 1.71 bits per heavy atom. The fourth-order valence-corrected chi connectivity index (χ4v) is 7.70. The molecule has 0 amide bonds. The van der Waals surface area contributed by atoms with Crippen LogP contribution < -0.4 is 25.0 Å². The number of rotatable bonds is 11. The summed E-state index contributed by atoms with van der Waals surface area (Å²) in [4.78, 5) is 25.4. The molecule has 2 aromatic carbocycles. The quantitative estimate of drug-likeness (QED) is 0.200. The average molecular weight is 687 g/mol. The van der Waals surface area contributed by atoms with Gasteiger partial charge in [-0.15, -0.1) is 0 Å². The van der Waals surface area contributed by atoms with Crippen LogP contribution in [0.5, 0.6) is 5.75 Å². The number of fused-ring (bicyclic) bond motifs is 1. The summed E-state index contributed by atoms with van der Waals surface area (Å²) < 4.78 is 34.7. The van der Waals surface area contributed by atoms with Crippen LogP contribution in [0.2, 0.25) is 0 Å². The molecular formula is C35H46N10O3S. The van der Waals surface area contributed by atoms with Gasteiger partial charge in [-0.2, -0.15) is 4.98 Å². The van der Waals surface area contributed by atoms with Crippen molar-refractivity contribution in [3.63, 3.8) is 0 Å². The summed E-state index contributed by atoms with van der Waals surface area (Å²) in [6, 6.07) is 8.24. The largest absolute Gasteiger partial charge is 0.494 e. The van der Waals surface area contributed by atoms with Crippen LogP contribution >= 0.6 is 0 Å². The molecule has 0 bridgehead atoms. The van der Waals surface area contributed by atoms with Crippen molar-refractivity contribution in [1.29, 1.82) is 0 Å². The number of likely N-dealkylation sites (N-methyl/N-ethyl adjacent to an activating group) is 1. The minimum absolute atomic E-state index is 0.0323. The smallest absolute Gasteiger partial charge is 0.244 e. The van der Waals surface area contributed by atoms with Crippen LogP contribution in [-0.4, -0.2) is 105 Å². The summed E-state index contributed by atoms with van der Waals surface area (Å²) in [5, 5.41) is 6.56. The lowest BCUT2D eigenvalue weighted by Gasteiger charge is -2.43. The van der Waals surface area contributed by atoms with E-state index in [0.29, 0.717) is 34.6 Å². The summed E-state index contributed by atoms with van der Waals surface area (Å²) in [6.07, 6.45) is 8.51. The van der Waals surface area contributed by atoms with Crippen LogP contribution in [0, 0.1) is 0 Å². The number of anilines is 5. The van der Waals surface area contributed by atoms with Gasteiger partial charge in [-0.05, 0) is 56.6 Å². The van der Waals surface area contributed by atoms with Crippen LogP contribution in [0.1, 0.15) is 43.7 Å². The molecule has 0 atom stereocenters. The molecule has 6 rings (SSSR count). The highest BCUT2D eigenvalue weighted by molar-refractivity contribution is 7.89. The molecule has 49 heavy (non-hydrogen) atoms. The van der Waals surface area contributed by atoms with E-state index in [9.17, 15) is 8.42 Å². The Morgan fingerprint density at radius 1 is 0.980 bits per heavy atom. The third kappa shape index (κ3) is 7.32. The number of hydrogen-bond acceptors (Lipinski definition) is 12. The molecule has 2 aliphatic heterocycles. The molecule has 3 N–H and O–H groups in total. The molecule has 4 aromatic rings. The Labute approximate surface area is 288 Å². The van der Waals surface area contributed by atoms with Crippen LogP contribution in [0.3, 0.4) is 0 Å². The lowest BCUT2D eigenvalue weighted by Crippen LogP contribution is -2.52. The standard InChI is InChI=1S/C35H46N10O3S/c1-7-24-22-39-35(42-34(24)40-28-9-8-27-32(38-13-12-37-27)33(28)49(46,47)36-4)41-29-20-26(23(2)3)30(21-31(29)48-6)45-14-10-25(11-15-45)44-18-16-43(5)17-19-44/h7-9,12-13,20-23,25,36H,1,10-11,14-19H2,2-6H3,(H2,39,40,41,42). The topological polar surface area (TPSA) is 141 Å². The van der Waals surface area contributed by atoms with E-state index in [2.05, 4.69) is 84.6 Å². The van der Waals surface area contributed by atoms with Crippen LogP contribution in [0.25, 0.3) is 17.1 Å². The fourth-order valence-electron chi connectivity index (χ4n) is 6.68. The average Bonchev–Trinajstić information content (AvgIpc) is 3.11. The van der Waals surface area contributed by atoms with Gasteiger partial charge >= 0.3 is 0 Å². The number of benzene rings is 2. The summed E-state index contributed by atoms with van der Waals surface area (Å²) in [5.41, 5.74) is 4.70. The van der Waals surface area contributed by atoms with Crippen LogP contribution in [-0.2, 0) is 10.0 Å². The van der Waals surface area contributed by atoms with Gasteiger partial charge in [0.25, 0.3) is 0 Å². The molecule has 2 fully saturated rings. The van der Waals surface area contributed by atoms with Gasteiger partial charge in [0.05, 0.1) is 24.0 Å². The van der Waals surface area contributed by atoms with Gasteiger partial charge < -0.3 is 25.2 Å². The Balaban J connectivity index is 1.28. The van der Waals surface area contributed by atoms with Crippen molar-refractivity contribution < 1.29 is 13.2 Å². The van der Waals surface area contributed by atoms with E-state index in [1.807, 2.05) is 0 Å². The molecule has 0 aliphatic carbocycles. The van der Waals surface area contributed by atoms with E-state index >= 15 is 0 Å². The van der Waals surface area contributed by atoms with E-state index in [4.69, 9.17) is 9.72 Å². The van der Waals surface area contributed by atoms with Crippen molar-refractivity contribution in [2.45, 2.75) is 43.5 Å². The number of ether oxygens (including phenoxy) is 1. The first-order valence-corrected chi connectivity index (χ1v) is 18.2. The zero-order valence-electron chi connectivity index (χ0n) is 28.9. The minimum Gasteiger partial charge on any atom is -0.494 e. The van der Waals surface area contributed by atoms with Gasteiger partial charge in [0.15, 0.2) is 0 Å². The van der Waals surface area contributed by atoms with Gasteiger partial charge in [-0.1, -0.05) is 26.5 Å². The van der Waals surface area contributed by atoms with Crippen molar-refractivity contribution in [2.75, 3.05) is 76.0 Å². The third-order valence-electron chi connectivity index (χ3n) is 9.50. The Hall–Kier alpha value is -4.37. The van der Waals surface area contributed by atoms with Gasteiger partial charge in [0, 0.05) is 81.2 Å². The molecule has 0 radical (unpaired) electrons. The highest BCUT2D eigenvalue weighted by Crippen LogP contribution is 2.40. The predicted octanol–water partition coefficient (Wildman–Crippen LogP) is 4.81. The molecular weight excluding hydrogens is 641 g/mol. The Kier molecular flexibility index (Phi) is 10.3. The second-order valence-corrected chi connectivity index (χ2v) is 14.7. The number of hydrogen-bond donors (Lipinski definition) is 3. The summed E-state index contributed by atoms with van der Waals surface area (Å²) >= 11 is 0. The molecule has 2 saturated heterocycles. The molecule has 0 spiro atoms. The molecule has 14 heteroatoms. The van der Waals surface area contributed by atoms with E-state index in [0.717, 1.165) is 57.8 Å². The number of nitrogens with zero attached hydrogens (tertiary/aromatic N) is 7. The van der Waals surface area contributed by atoms with Crippen molar-refractivity contribution in [2.24, 2.45) is 0 Å². The van der Waals surface area contributed by atoms with E-state index < -0.39 is 10.0 Å². The minimum atomic E-state index is -3.92. The number of piperazine rings is 1. The summed E-state index contributed by atoms with van der Waals surface area (Å²) in [6.45, 7) is 14.9. The molecule has 260 valence electrons. The van der Waals surface area contributed by atoms with Crippen LogP contribution in [0.4, 0.5) is 28.8 Å². The number of nitrogens with one attached hydrogen (secondary N) is 3. The zero-order chi connectivity index (χ0) is 34.7. The maximum absolute atomic E-state index is 13.2. The predicted molar refractivity (Wildman–Crippen MR) is 196 cm³/mol. The highest BCUT2D eigenvalue weighted by Gasteiger charge is 2.29. The van der Waals surface area contributed by atoms with E-state index in [1.54, 1.807) is 31.5 Å². The highest BCUT2D eigenvalue weighted by atomic mass is 32.2. The van der Waals surface area contributed by atoms with Gasteiger partial charge in [-0.3, -0.25) is 14.9 Å². The second-order valence-electron chi connectivity index (χ2n) is 12.8. The lowest BCUT2D eigenvalue weighted by molar-refractivity contribution is 0.0982. The first-order valence-electron chi connectivity index (χ1n) is 16.7. The Morgan fingerprint density at radius 3 is 2.39 bits per heavy atom. The van der Waals surface area contributed by atoms with Gasteiger partial charge in [0.1, 0.15) is 22.0 Å². The third-order valence-corrected chi connectivity index (χ3v) is 11.0. The first-order chi connectivity index (χ1) is 23.6. The van der Waals surface area contributed by atoms with Crippen LogP contribution in [0.15, 0.2) is 54.3 Å². The molecule has 2 aliphatic rings. The maximum Gasteiger partial charge on any atom is 0.244 e. The Bertz CT molecular complexity index is 1920. The van der Waals surface area contributed by atoms with Gasteiger partial charge in [0.2, 0.25) is 16.0 Å². The first kappa shape index (κ1) is 34.5. The monoisotopic (exact) mass is 686 g/mol. The number of aromatic nitrogens is 4. The molecule has 4 heterocycles. The fraction of sp³-hybridized carbons (Fsp3) is 0.429. The normalized spacial score (nSPS) is 16.7. The molecule has 2 aromatic heterocycles. The second kappa shape index (κ2) is 14.6. The molecule has 13 nitrogen and oxygen atoms in total. The number of methoxy groups -OCH3 is 1. The number of piperidine rings is 1. The molecule has 0 unspecified atom stereocenters. The maximum atomic E-state index is 13.2. The van der Waals surface area contributed by atoms with E-state index in [-0.39, 0.29) is 22.0 Å². The number of sulfonamides is 1. The van der Waals surface area contributed by atoms with Crippen molar-refractivity contribution in [3.8, 4) is 5.75 Å². The van der Waals surface area contributed by atoms with Crippen molar-refractivity contribution in [3.05, 3.63) is 60.6 Å². The van der Waals surface area contributed by atoms with E-state index in [1.165, 1.54) is 30.7 Å². The summed E-state index contributed by atoms with van der Waals surface area (Å²) in [7, 11) is 1.30. The SMILES string of the molecule is C=Cc1cnc(Nc2cc(C(C)C)c(N3CCC(N4CCN(C)CC4)CC3)cc2OC)nc1Nc1ccc2nccnc2c1S(=O)(=O)NC. The lowest BCUT2D eigenvalue weighted by atomic mass is 9.96. The summed E-state index contributed by atoms with van der Waals surface area (Å²) in [5.74, 6) is 1.62. The van der Waals surface area contributed by atoms with Crippen molar-refractivity contribution >= 4 is 56.0 Å². The van der Waals surface area contributed by atoms with Gasteiger partial charge in [-0.25, -0.2) is 18.1 Å². The molecule has 0 saturated carbocycles. The van der Waals surface area contributed by atoms with Crippen molar-refractivity contribution in [1.82, 2.24) is 34.5 Å².